The minimum absolute atomic E-state index is 0.103. The van der Waals surface area contributed by atoms with E-state index in [1.54, 1.807) is 0 Å². The van der Waals surface area contributed by atoms with E-state index in [4.69, 9.17) is 4.98 Å². The SMILES string of the molecule is C[C@H](NC(=O)c1nc(-c2ccccc2)n2c1CN(CCO)CC2)c1ccccc1. The molecule has 3 aromatic rings. The lowest BCUT2D eigenvalue weighted by Gasteiger charge is -2.28. The molecule has 0 spiro atoms. The Labute approximate surface area is 170 Å². The highest BCUT2D eigenvalue weighted by atomic mass is 16.3. The molecule has 4 rings (SSSR count). The van der Waals surface area contributed by atoms with Crippen LogP contribution in [-0.2, 0) is 13.1 Å². The minimum atomic E-state index is -0.168. The van der Waals surface area contributed by atoms with Gasteiger partial charge in [-0.1, -0.05) is 60.7 Å². The summed E-state index contributed by atoms with van der Waals surface area (Å²) in [5, 5.41) is 12.4. The molecular formula is C23H26N4O2. The molecule has 2 aromatic carbocycles. The van der Waals surface area contributed by atoms with Crippen molar-refractivity contribution in [3.63, 3.8) is 0 Å². The van der Waals surface area contributed by atoms with Crippen LogP contribution in [0.4, 0.5) is 0 Å². The number of nitrogens with one attached hydrogen (secondary N) is 1. The van der Waals surface area contributed by atoms with Gasteiger partial charge in [0.25, 0.3) is 5.91 Å². The smallest absolute Gasteiger partial charge is 0.272 e. The largest absolute Gasteiger partial charge is 0.395 e. The van der Waals surface area contributed by atoms with Gasteiger partial charge in [-0.25, -0.2) is 4.98 Å². The molecule has 1 amide bonds. The number of benzene rings is 2. The van der Waals surface area contributed by atoms with Crippen molar-refractivity contribution >= 4 is 5.91 Å². The Hall–Kier alpha value is -2.96. The summed E-state index contributed by atoms with van der Waals surface area (Å²) in [4.78, 5) is 20.1. The monoisotopic (exact) mass is 390 g/mol. The molecule has 2 N–H and O–H groups in total. The molecule has 2 heterocycles. The zero-order valence-electron chi connectivity index (χ0n) is 16.6. The van der Waals surface area contributed by atoms with E-state index in [9.17, 15) is 9.90 Å². The van der Waals surface area contributed by atoms with Gasteiger partial charge in [0.05, 0.1) is 18.3 Å². The quantitative estimate of drug-likeness (QED) is 0.679. The van der Waals surface area contributed by atoms with Crippen LogP contribution in [0.2, 0.25) is 0 Å². The first-order valence-corrected chi connectivity index (χ1v) is 10.0. The molecule has 1 aliphatic rings. The Kier molecular flexibility index (Phi) is 5.74. The first-order chi connectivity index (χ1) is 14.2. The van der Waals surface area contributed by atoms with Gasteiger partial charge in [0.2, 0.25) is 0 Å². The summed E-state index contributed by atoms with van der Waals surface area (Å²) in [6.45, 7) is 4.84. The van der Waals surface area contributed by atoms with Gasteiger partial charge in [-0.05, 0) is 12.5 Å². The van der Waals surface area contributed by atoms with Gasteiger partial charge in [-0.3, -0.25) is 9.69 Å². The van der Waals surface area contributed by atoms with E-state index in [0.717, 1.165) is 35.7 Å². The molecule has 0 unspecified atom stereocenters. The Balaban J connectivity index is 1.67. The second-order valence-corrected chi connectivity index (χ2v) is 7.35. The Morgan fingerprint density at radius 2 is 1.79 bits per heavy atom. The fourth-order valence-electron chi connectivity index (χ4n) is 3.83. The number of carbonyl (C=O) groups is 1. The lowest BCUT2D eigenvalue weighted by atomic mass is 10.1. The van der Waals surface area contributed by atoms with Crippen LogP contribution in [0.15, 0.2) is 60.7 Å². The maximum absolute atomic E-state index is 13.2. The van der Waals surface area contributed by atoms with Crippen LogP contribution in [-0.4, -0.2) is 45.2 Å². The lowest BCUT2D eigenvalue weighted by Crippen LogP contribution is -2.37. The Morgan fingerprint density at radius 3 is 2.48 bits per heavy atom. The van der Waals surface area contributed by atoms with Crippen LogP contribution in [0.5, 0.6) is 0 Å². The number of imidazole rings is 1. The molecule has 6 nitrogen and oxygen atoms in total. The summed E-state index contributed by atoms with van der Waals surface area (Å²) in [5.41, 5.74) is 3.43. The van der Waals surface area contributed by atoms with Gasteiger partial charge in [0.1, 0.15) is 5.82 Å². The highest BCUT2D eigenvalue weighted by Crippen LogP contribution is 2.27. The molecule has 6 heteroatoms. The van der Waals surface area contributed by atoms with Crippen LogP contribution in [0, 0.1) is 0 Å². The van der Waals surface area contributed by atoms with E-state index in [2.05, 4.69) is 14.8 Å². The highest BCUT2D eigenvalue weighted by molar-refractivity contribution is 5.94. The standard InChI is InChI=1S/C23H26N4O2/c1-17(18-8-4-2-5-9-18)24-23(29)21-20-16-26(14-15-28)12-13-27(20)22(25-21)19-10-6-3-7-11-19/h2-11,17,28H,12-16H2,1H3,(H,24,29)/t17-/m0/s1. The third-order valence-corrected chi connectivity index (χ3v) is 5.40. The number of hydrogen-bond acceptors (Lipinski definition) is 4. The number of aromatic nitrogens is 2. The molecule has 1 atom stereocenters. The number of fused-ring (bicyclic) bond motifs is 1. The number of amides is 1. The molecule has 0 aliphatic carbocycles. The summed E-state index contributed by atoms with van der Waals surface area (Å²) < 4.78 is 2.14. The molecule has 0 radical (unpaired) electrons. The second-order valence-electron chi connectivity index (χ2n) is 7.35. The van der Waals surface area contributed by atoms with Crippen molar-refractivity contribution in [2.75, 3.05) is 19.7 Å². The van der Waals surface area contributed by atoms with Crippen molar-refractivity contribution in [1.82, 2.24) is 19.8 Å². The summed E-state index contributed by atoms with van der Waals surface area (Å²) in [7, 11) is 0. The third-order valence-electron chi connectivity index (χ3n) is 5.40. The molecule has 1 aliphatic heterocycles. The molecule has 0 fully saturated rings. The van der Waals surface area contributed by atoms with Gasteiger partial charge in [-0.15, -0.1) is 0 Å². The summed E-state index contributed by atoms with van der Waals surface area (Å²) in [6, 6.07) is 19.8. The van der Waals surface area contributed by atoms with E-state index in [1.807, 2.05) is 67.6 Å². The van der Waals surface area contributed by atoms with Crippen LogP contribution >= 0.6 is 0 Å². The highest BCUT2D eigenvalue weighted by Gasteiger charge is 2.28. The van der Waals surface area contributed by atoms with E-state index < -0.39 is 0 Å². The van der Waals surface area contributed by atoms with Crippen LogP contribution in [0.1, 0.15) is 34.7 Å². The number of β-amino-alcohol motifs (C(OH)–C–C–N with tert-alkyl or cyclic N) is 1. The van der Waals surface area contributed by atoms with Crippen molar-refractivity contribution in [2.24, 2.45) is 0 Å². The minimum Gasteiger partial charge on any atom is -0.395 e. The van der Waals surface area contributed by atoms with E-state index in [0.29, 0.717) is 18.8 Å². The molecule has 1 aromatic heterocycles. The molecular weight excluding hydrogens is 364 g/mol. The topological polar surface area (TPSA) is 70.4 Å². The predicted octanol–water partition coefficient (Wildman–Crippen LogP) is 2.85. The first kappa shape index (κ1) is 19.4. The van der Waals surface area contributed by atoms with Gasteiger partial charge < -0.3 is 15.0 Å². The predicted molar refractivity (Wildman–Crippen MR) is 112 cm³/mol. The fraction of sp³-hybridized carbons (Fsp3) is 0.304. The molecule has 0 saturated carbocycles. The number of aliphatic hydroxyl groups is 1. The van der Waals surface area contributed by atoms with Gasteiger partial charge in [-0.2, -0.15) is 0 Å². The molecule has 0 saturated heterocycles. The summed E-state index contributed by atoms with van der Waals surface area (Å²) in [5.74, 6) is 0.653. The average molecular weight is 390 g/mol. The lowest BCUT2D eigenvalue weighted by molar-refractivity contribution is 0.0931. The van der Waals surface area contributed by atoms with Crippen molar-refractivity contribution in [2.45, 2.75) is 26.1 Å². The number of hydrogen-bond donors (Lipinski definition) is 2. The van der Waals surface area contributed by atoms with Crippen molar-refractivity contribution < 1.29 is 9.90 Å². The Bertz CT molecular complexity index is 969. The Morgan fingerprint density at radius 1 is 1.10 bits per heavy atom. The van der Waals surface area contributed by atoms with Gasteiger partial charge in [0.15, 0.2) is 5.69 Å². The van der Waals surface area contributed by atoms with Crippen LogP contribution in [0.3, 0.4) is 0 Å². The maximum atomic E-state index is 13.2. The van der Waals surface area contributed by atoms with Gasteiger partial charge >= 0.3 is 0 Å². The number of carbonyl (C=O) groups excluding carboxylic acids is 1. The molecule has 29 heavy (non-hydrogen) atoms. The molecule has 0 bridgehead atoms. The summed E-state index contributed by atoms with van der Waals surface area (Å²) >= 11 is 0. The van der Waals surface area contributed by atoms with Crippen molar-refractivity contribution in [3.05, 3.63) is 77.6 Å². The number of rotatable bonds is 6. The maximum Gasteiger partial charge on any atom is 0.272 e. The molecule has 150 valence electrons. The zero-order chi connectivity index (χ0) is 20.2. The normalized spacial score (nSPS) is 15.0. The zero-order valence-corrected chi connectivity index (χ0v) is 16.6. The fourth-order valence-corrected chi connectivity index (χ4v) is 3.83. The van der Waals surface area contributed by atoms with Crippen LogP contribution in [0.25, 0.3) is 11.4 Å². The van der Waals surface area contributed by atoms with Crippen molar-refractivity contribution in [1.29, 1.82) is 0 Å². The van der Waals surface area contributed by atoms with E-state index >= 15 is 0 Å². The second kappa shape index (κ2) is 8.59. The number of aliphatic hydroxyl groups excluding tert-OH is 1. The van der Waals surface area contributed by atoms with E-state index in [-0.39, 0.29) is 18.6 Å². The van der Waals surface area contributed by atoms with Gasteiger partial charge in [0, 0.05) is 31.7 Å². The van der Waals surface area contributed by atoms with Crippen molar-refractivity contribution in [3.8, 4) is 11.4 Å². The summed E-state index contributed by atoms with van der Waals surface area (Å²) in [6.07, 6.45) is 0. The number of nitrogens with zero attached hydrogens (tertiary/aromatic N) is 3. The van der Waals surface area contributed by atoms with E-state index in [1.165, 1.54) is 0 Å². The third kappa shape index (κ3) is 4.09. The van der Waals surface area contributed by atoms with Crippen LogP contribution < -0.4 is 5.32 Å². The average Bonchev–Trinajstić information content (AvgIpc) is 3.14. The first-order valence-electron chi connectivity index (χ1n) is 10.0.